The van der Waals surface area contributed by atoms with E-state index in [2.05, 4.69) is 0 Å². The van der Waals surface area contributed by atoms with Gasteiger partial charge in [0.2, 0.25) is 0 Å². The van der Waals surface area contributed by atoms with Crippen LogP contribution in [0.3, 0.4) is 0 Å². The van der Waals surface area contributed by atoms with Gasteiger partial charge in [0.1, 0.15) is 28.8 Å². The summed E-state index contributed by atoms with van der Waals surface area (Å²) >= 11 is 0. The predicted octanol–water partition coefficient (Wildman–Crippen LogP) is 6.95. The Morgan fingerprint density at radius 3 is 2.36 bits per heavy atom. The fraction of sp³-hybridized carbons (Fsp3) is 0.125. The van der Waals surface area contributed by atoms with Gasteiger partial charge in [-0.15, -0.1) is 0 Å². The molecule has 1 heterocycles. The maximum Gasteiger partial charge on any atom is 0.300 e. The molecule has 1 unspecified atom stereocenters. The number of carbonyl (C=O) groups excluding carboxylic acids is 2. The molecule has 4 aromatic carbocycles. The molecule has 196 valence electrons. The van der Waals surface area contributed by atoms with Crippen molar-refractivity contribution in [3.05, 3.63) is 125 Å². The molecule has 1 atom stereocenters. The van der Waals surface area contributed by atoms with E-state index in [1.807, 2.05) is 32.0 Å². The zero-order valence-corrected chi connectivity index (χ0v) is 21.4. The van der Waals surface area contributed by atoms with E-state index < -0.39 is 23.5 Å². The summed E-state index contributed by atoms with van der Waals surface area (Å²) in [5.41, 5.74) is 1.71. The number of amides is 1. The second kappa shape index (κ2) is 10.8. The molecule has 0 aliphatic carbocycles. The van der Waals surface area contributed by atoms with Crippen LogP contribution in [-0.4, -0.2) is 23.4 Å². The van der Waals surface area contributed by atoms with Gasteiger partial charge in [0, 0.05) is 11.3 Å². The molecule has 1 aliphatic rings. The van der Waals surface area contributed by atoms with Crippen LogP contribution in [-0.2, 0) is 9.59 Å². The van der Waals surface area contributed by atoms with Crippen molar-refractivity contribution in [3.8, 4) is 17.2 Å². The molecule has 0 bridgehead atoms. The number of rotatable bonds is 7. The van der Waals surface area contributed by atoms with E-state index >= 15 is 0 Å². The number of benzene rings is 4. The van der Waals surface area contributed by atoms with Crippen molar-refractivity contribution in [2.24, 2.45) is 0 Å². The molecular weight excluding hydrogens is 497 g/mol. The van der Waals surface area contributed by atoms with E-state index in [1.165, 1.54) is 23.1 Å². The number of para-hydroxylation sites is 1. The number of carbonyl (C=O) groups is 2. The van der Waals surface area contributed by atoms with Crippen LogP contribution >= 0.6 is 0 Å². The number of nitrogens with zero attached hydrogens (tertiary/aromatic N) is 1. The molecule has 0 saturated carbocycles. The van der Waals surface area contributed by atoms with Crippen molar-refractivity contribution >= 4 is 23.1 Å². The number of aliphatic hydroxyl groups excluding tert-OH is 1. The first kappa shape index (κ1) is 25.7. The average molecular weight is 524 g/mol. The Morgan fingerprint density at radius 2 is 1.64 bits per heavy atom. The molecule has 0 radical (unpaired) electrons. The molecule has 0 aromatic heterocycles. The molecule has 1 fully saturated rings. The van der Waals surface area contributed by atoms with Crippen LogP contribution in [0.1, 0.15) is 29.7 Å². The Bertz CT molecular complexity index is 1580. The summed E-state index contributed by atoms with van der Waals surface area (Å²) < 4.78 is 25.8. The zero-order valence-electron chi connectivity index (χ0n) is 21.4. The highest BCUT2D eigenvalue weighted by Gasteiger charge is 2.47. The summed E-state index contributed by atoms with van der Waals surface area (Å²) in [5.74, 6) is -0.906. The maximum atomic E-state index is 14.2. The third-order valence-electron chi connectivity index (χ3n) is 6.43. The van der Waals surface area contributed by atoms with Crippen molar-refractivity contribution in [1.29, 1.82) is 0 Å². The number of ether oxygens (including phenoxy) is 2. The van der Waals surface area contributed by atoms with Gasteiger partial charge in [-0.25, -0.2) is 4.39 Å². The summed E-state index contributed by atoms with van der Waals surface area (Å²) in [6.45, 7) is 4.18. The number of hydrogen-bond acceptors (Lipinski definition) is 5. The van der Waals surface area contributed by atoms with Crippen LogP contribution in [0.4, 0.5) is 10.1 Å². The Labute approximate surface area is 225 Å². The third-order valence-corrected chi connectivity index (χ3v) is 6.43. The standard InChI is InChI=1S/C32H26FNO5/c1-3-38-27-16-15-22(17-20(27)2)30(35)28-29(34(32(37)31(28)36)24-11-8-10-23(33)19-24)21-9-7-14-26(18-21)39-25-12-5-4-6-13-25/h4-19,29,35H,3H2,1-2H3/b30-28+. The van der Waals surface area contributed by atoms with E-state index in [4.69, 9.17) is 9.47 Å². The first-order valence-electron chi connectivity index (χ1n) is 12.5. The van der Waals surface area contributed by atoms with E-state index in [-0.39, 0.29) is 17.0 Å². The summed E-state index contributed by atoms with van der Waals surface area (Å²) in [4.78, 5) is 28.0. The van der Waals surface area contributed by atoms with E-state index in [0.717, 1.165) is 5.56 Å². The largest absolute Gasteiger partial charge is 0.507 e. The summed E-state index contributed by atoms with van der Waals surface area (Å²) in [7, 11) is 0. The van der Waals surface area contributed by atoms with Crippen molar-refractivity contribution in [2.75, 3.05) is 11.5 Å². The van der Waals surface area contributed by atoms with Gasteiger partial charge >= 0.3 is 0 Å². The number of halogens is 1. The van der Waals surface area contributed by atoms with Crippen LogP contribution in [0.2, 0.25) is 0 Å². The Balaban J connectivity index is 1.66. The fourth-order valence-corrected chi connectivity index (χ4v) is 4.68. The molecule has 1 saturated heterocycles. The van der Waals surface area contributed by atoms with Crippen LogP contribution in [0.25, 0.3) is 5.76 Å². The van der Waals surface area contributed by atoms with Crippen LogP contribution in [0.5, 0.6) is 17.2 Å². The van der Waals surface area contributed by atoms with E-state index in [9.17, 15) is 19.1 Å². The lowest BCUT2D eigenvalue weighted by atomic mass is 9.94. The normalized spacial score (nSPS) is 16.4. The van der Waals surface area contributed by atoms with Crippen LogP contribution in [0, 0.1) is 12.7 Å². The molecule has 1 N–H and O–H groups in total. The highest BCUT2D eigenvalue weighted by atomic mass is 19.1. The lowest BCUT2D eigenvalue weighted by molar-refractivity contribution is -0.132. The molecule has 5 rings (SSSR count). The van der Waals surface area contributed by atoms with Gasteiger partial charge in [-0.3, -0.25) is 14.5 Å². The van der Waals surface area contributed by atoms with Crippen LogP contribution < -0.4 is 14.4 Å². The molecular formula is C32H26FNO5. The lowest BCUT2D eigenvalue weighted by Gasteiger charge is -2.26. The van der Waals surface area contributed by atoms with Gasteiger partial charge in [-0.1, -0.05) is 36.4 Å². The highest BCUT2D eigenvalue weighted by Crippen LogP contribution is 2.43. The molecule has 4 aromatic rings. The van der Waals surface area contributed by atoms with Crippen LogP contribution in [0.15, 0.2) is 103 Å². The second-order valence-corrected chi connectivity index (χ2v) is 9.05. The Kier molecular flexibility index (Phi) is 7.14. The van der Waals surface area contributed by atoms with Crippen molar-refractivity contribution < 1.29 is 28.6 Å². The predicted molar refractivity (Wildman–Crippen MR) is 146 cm³/mol. The van der Waals surface area contributed by atoms with Gasteiger partial charge in [0.15, 0.2) is 0 Å². The molecule has 0 spiro atoms. The second-order valence-electron chi connectivity index (χ2n) is 9.05. The molecule has 6 nitrogen and oxygen atoms in total. The maximum absolute atomic E-state index is 14.2. The molecule has 1 amide bonds. The number of aliphatic hydroxyl groups is 1. The van der Waals surface area contributed by atoms with Gasteiger partial charge in [-0.05, 0) is 85.6 Å². The lowest BCUT2D eigenvalue weighted by Crippen LogP contribution is -2.29. The summed E-state index contributed by atoms with van der Waals surface area (Å²) in [6.07, 6.45) is 0. The number of Topliss-reactive ketones (excluding diaryl/α,β-unsaturated/α-hetero) is 1. The quantitative estimate of drug-likeness (QED) is 0.161. The van der Waals surface area contributed by atoms with Gasteiger partial charge in [-0.2, -0.15) is 0 Å². The van der Waals surface area contributed by atoms with Crippen molar-refractivity contribution in [3.63, 3.8) is 0 Å². The minimum atomic E-state index is -1.03. The van der Waals surface area contributed by atoms with Gasteiger partial charge in [0.25, 0.3) is 11.7 Å². The smallest absolute Gasteiger partial charge is 0.300 e. The van der Waals surface area contributed by atoms with E-state index in [0.29, 0.717) is 35.0 Å². The third kappa shape index (κ3) is 5.11. The molecule has 7 heteroatoms. The molecule has 1 aliphatic heterocycles. The Morgan fingerprint density at radius 1 is 0.897 bits per heavy atom. The summed E-state index contributed by atoms with van der Waals surface area (Å²) in [6, 6.07) is 25.6. The minimum absolute atomic E-state index is 0.107. The zero-order chi connectivity index (χ0) is 27.5. The fourth-order valence-electron chi connectivity index (χ4n) is 4.68. The van der Waals surface area contributed by atoms with Gasteiger partial charge < -0.3 is 14.6 Å². The number of hydrogen-bond donors (Lipinski definition) is 1. The number of anilines is 1. The summed E-state index contributed by atoms with van der Waals surface area (Å²) in [5, 5.41) is 11.4. The van der Waals surface area contributed by atoms with E-state index in [1.54, 1.807) is 60.7 Å². The monoisotopic (exact) mass is 523 g/mol. The minimum Gasteiger partial charge on any atom is -0.507 e. The number of ketones is 1. The topological polar surface area (TPSA) is 76.1 Å². The first-order chi connectivity index (χ1) is 18.9. The van der Waals surface area contributed by atoms with Gasteiger partial charge in [0.05, 0.1) is 18.2 Å². The number of aryl methyl sites for hydroxylation is 1. The van der Waals surface area contributed by atoms with Crippen molar-refractivity contribution in [2.45, 2.75) is 19.9 Å². The average Bonchev–Trinajstić information content (AvgIpc) is 3.20. The molecule has 39 heavy (non-hydrogen) atoms. The Hall–Kier alpha value is -4.91. The SMILES string of the molecule is CCOc1ccc(/C(O)=C2\C(=O)C(=O)N(c3cccc(F)c3)C2c2cccc(Oc3ccccc3)c2)cc1C. The highest BCUT2D eigenvalue weighted by molar-refractivity contribution is 6.51. The van der Waals surface area contributed by atoms with Crippen molar-refractivity contribution in [1.82, 2.24) is 0 Å². The first-order valence-corrected chi connectivity index (χ1v) is 12.5.